The van der Waals surface area contributed by atoms with Crippen LogP contribution in [0.5, 0.6) is 0 Å². The molecule has 1 amide bonds. The van der Waals surface area contributed by atoms with Crippen molar-refractivity contribution in [3.8, 4) is 0 Å². The van der Waals surface area contributed by atoms with E-state index < -0.39 is 5.97 Å². The lowest BCUT2D eigenvalue weighted by Crippen LogP contribution is -2.31. The van der Waals surface area contributed by atoms with E-state index in [0.717, 1.165) is 27.7 Å². The lowest BCUT2D eigenvalue weighted by Gasteiger charge is -2.14. The molecule has 0 aliphatic heterocycles. The molecule has 0 spiro atoms. The molecule has 0 saturated carbocycles. The molecule has 3 rings (SSSR count). The Bertz CT molecular complexity index is 962. The van der Waals surface area contributed by atoms with E-state index in [4.69, 9.17) is 20.8 Å². The predicted molar refractivity (Wildman–Crippen MR) is 104 cm³/mol. The number of ether oxygens (including phenoxy) is 1. The number of aryl methyl sites for hydroxylation is 1. The minimum absolute atomic E-state index is 0.0517. The van der Waals surface area contributed by atoms with Crippen molar-refractivity contribution >= 4 is 34.4 Å². The van der Waals surface area contributed by atoms with Gasteiger partial charge in [-0.15, -0.1) is 0 Å². The number of carbonyl (C=O) groups is 2. The minimum Gasteiger partial charge on any atom is -0.464 e. The number of rotatable bonds is 6. The average molecular weight is 386 g/mol. The number of esters is 1. The molecule has 1 atom stereocenters. The Kier molecular flexibility index (Phi) is 5.81. The van der Waals surface area contributed by atoms with Gasteiger partial charge in [0.15, 0.2) is 6.61 Å². The average Bonchev–Trinajstić information content (AvgIpc) is 3.02. The molecule has 3 aromatic rings. The second-order valence-corrected chi connectivity index (χ2v) is 6.88. The second kappa shape index (κ2) is 8.27. The molecule has 5 nitrogen and oxygen atoms in total. The smallest absolute Gasteiger partial charge is 0.310 e. The van der Waals surface area contributed by atoms with Gasteiger partial charge in [-0.25, -0.2) is 0 Å². The maximum Gasteiger partial charge on any atom is 0.310 e. The Morgan fingerprint density at radius 1 is 1.19 bits per heavy atom. The molecular weight excluding hydrogens is 366 g/mol. The van der Waals surface area contributed by atoms with Crippen LogP contribution in [0.15, 0.2) is 53.1 Å². The van der Waals surface area contributed by atoms with Gasteiger partial charge in [0, 0.05) is 16.0 Å². The largest absolute Gasteiger partial charge is 0.464 e. The predicted octanol–water partition coefficient (Wildman–Crippen LogP) is 4.36. The van der Waals surface area contributed by atoms with Crippen molar-refractivity contribution in [1.82, 2.24) is 5.32 Å². The zero-order chi connectivity index (χ0) is 19.4. The van der Waals surface area contributed by atoms with Gasteiger partial charge in [-0.05, 0) is 43.2 Å². The molecule has 2 aromatic carbocycles. The zero-order valence-electron chi connectivity index (χ0n) is 15.1. The fraction of sp³-hybridized carbons (Fsp3) is 0.238. The van der Waals surface area contributed by atoms with E-state index in [0.29, 0.717) is 5.02 Å². The van der Waals surface area contributed by atoms with Gasteiger partial charge in [0.05, 0.1) is 18.7 Å². The third kappa shape index (κ3) is 4.89. The number of carbonyl (C=O) groups excluding carboxylic acids is 2. The molecule has 1 N–H and O–H groups in total. The van der Waals surface area contributed by atoms with Crippen LogP contribution in [0.3, 0.4) is 0 Å². The standard InChI is InChI=1S/C21H20ClNO4/c1-13-3-8-18-16(11-26-19(18)9-13)10-21(25)27-12-20(24)23-14(2)15-4-6-17(22)7-5-15/h3-9,11,14H,10,12H2,1-2H3,(H,23,24)/t14-/m0/s1. The molecule has 1 aromatic heterocycles. The summed E-state index contributed by atoms with van der Waals surface area (Å²) in [7, 11) is 0. The van der Waals surface area contributed by atoms with E-state index in [-0.39, 0.29) is 25.0 Å². The first-order valence-corrected chi connectivity index (χ1v) is 8.97. The fourth-order valence-corrected chi connectivity index (χ4v) is 2.92. The van der Waals surface area contributed by atoms with Gasteiger partial charge >= 0.3 is 5.97 Å². The normalized spacial score (nSPS) is 12.0. The second-order valence-electron chi connectivity index (χ2n) is 6.44. The number of furan rings is 1. The Balaban J connectivity index is 1.50. The highest BCUT2D eigenvalue weighted by Gasteiger charge is 2.15. The number of fused-ring (bicyclic) bond motifs is 1. The molecule has 0 aliphatic carbocycles. The molecule has 0 unspecified atom stereocenters. The summed E-state index contributed by atoms with van der Waals surface area (Å²) in [6.07, 6.45) is 1.60. The van der Waals surface area contributed by atoms with Crippen molar-refractivity contribution < 1.29 is 18.7 Å². The summed E-state index contributed by atoms with van der Waals surface area (Å²) in [6.45, 7) is 3.49. The third-order valence-corrected chi connectivity index (χ3v) is 4.51. The van der Waals surface area contributed by atoms with Crippen molar-refractivity contribution in [2.24, 2.45) is 0 Å². The number of halogens is 1. The van der Waals surface area contributed by atoms with Gasteiger partial charge in [-0.2, -0.15) is 0 Å². The van der Waals surface area contributed by atoms with Gasteiger partial charge < -0.3 is 14.5 Å². The molecule has 27 heavy (non-hydrogen) atoms. The number of nitrogens with one attached hydrogen (secondary N) is 1. The first-order valence-electron chi connectivity index (χ1n) is 8.59. The van der Waals surface area contributed by atoms with Crippen LogP contribution in [-0.4, -0.2) is 18.5 Å². The van der Waals surface area contributed by atoms with Gasteiger partial charge in [0.2, 0.25) is 0 Å². The Labute approximate surface area is 162 Å². The molecule has 0 bridgehead atoms. The first kappa shape index (κ1) is 19.0. The molecule has 0 saturated heterocycles. The zero-order valence-corrected chi connectivity index (χ0v) is 15.9. The Morgan fingerprint density at radius 3 is 2.67 bits per heavy atom. The summed E-state index contributed by atoms with van der Waals surface area (Å²) < 4.78 is 10.6. The minimum atomic E-state index is -0.479. The van der Waals surface area contributed by atoms with E-state index in [9.17, 15) is 9.59 Å². The van der Waals surface area contributed by atoms with Crippen LogP contribution in [0.1, 0.15) is 29.7 Å². The molecule has 6 heteroatoms. The summed E-state index contributed by atoms with van der Waals surface area (Å²) in [4.78, 5) is 24.1. The molecular formula is C21H20ClNO4. The van der Waals surface area contributed by atoms with E-state index in [2.05, 4.69) is 5.32 Å². The van der Waals surface area contributed by atoms with Crippen LogP contribution in [0.25, 0.3) is 11.0 Å². The SMILES string of the molecule is Cc1ccc2c(CC(=O)OCC(=O)N[C@@H](C)c3ccc(Cl)cc3)coc2c1. The highest BCUT2D eigenvalue weighted by molar-refractivity contribution is 6.30. The summed E-state index contributed by atoms with van der Waals surface area (Å²) in [6, 6.07) is 12.8. The van der Waals surface area contributed by atoms with E-state index in [1.807, 2.05) is 44.2 Å². The number of amides is 1. The highest BCUT2D eigenvalue weighted by atomic mass is 35.5. The van der Waals surface area contributed by atoms with Gasteiger partial charge in [0.25, 0.3) is 5.91 Å². The Hall–Kier alpha value is -2.79. The van der Waals surface area contributed by atoms with E-state index in [1.54, 1.807) is 18.4 Å². The maximum atomic E-state index is 12.1. The molecule has 0 radical (unpaired) electrons. The molecule has 0 aliphatic rings. The number of benzene rings is 2. The van der Waals surface area contributed by atoms with Crippen molar-refractivity contribution in [2.45, 2.75) is 26.3 Å². The van der Waals surface area contributed by atoms with E-state index >= 15 is 0 Å². The van der Waals surface area contributed by atoms with Crippen LogP contribution < -0.4 is 5.32 Å². The number of hydrogen-bond donors (Lipinski definition) is 1. The summed E-state index contributed by atoms with van der Waals surface area (Å²) in [5.74, 6) is -0.842. The third-order valence-electron chi connectivity index (χ3n) is 4.26. The topological polar surface area (TPSA) is 68.5 Å². The molecule has 0 fully saturated rings. The summed E-state index contributed by atoms with van der Waals surface area (Å²) in [5, 5.41) is 4.29. The van der Waals surface area contributed by atoms with Crippen LogP contribution in [-0.2, 0) is 20.7 Å². The number of hydrogen-bond acceptors (Lipinski definition) is 4. The van der Waals surface area contributed by atoms with Crippen LogP contribution in [0.2, 0.25) is 5.02 Å². The monoisotopic (exact) mass is 385 g/mol. The van der Waals surface area contributed by atoms with Crippen molar-refractivity contribution in [3.05, 3.63) is 70.4 Å². The van der Waals surface area contributed by atoms with Crippen LogP contribution in [0.4, 0.5) is 0 Å². The van der Waals surface area contributed by atoms with Crippen LogP contribution >= 0.6 is 11.6 Å². The van der Waals surface area contributed by atoms with Gasteiger partial charge in [-0.3, -0.25) is 9.59 Å². The van der Waals surface area contributed by atoms with Crippen molar-refractivity contribution in [3.63, 3.8) is 0 Å². The summed E-state index contributed by atoms with van der Waals surface area (Å²) in [5.41, 5.74) is 3.47. The summed E-state index contributed by atoms with van der Waals surface area (Å²) >= 11 is 5.86. The van der Waals surface area contributed by atoms with Crippen molar-refractivity contribution in [2.75, 3.05) is 6.61 Å². The van der Waals surface area contributed by atoms with Crippen LogP contribution in [0, 0.1) is 6.92 Å². The fourth-order valence-electron chi connectivity index (χ4n) is 2.80. The molecule has 1 heterocycles. The quantitative estimate of drug-likeness (QED) is 0.640. The van der Waals surface area contributed by atoms with Gasteiger partial charge in [0.1, 0.15) is 5.58 Å². The lowest BCUT2D eigenvalue weighted by atomic mass is 10.1. The Morgan fingerprint density at radius 2 is 1.93 bits per heavy atom. The van der Waals surface area contributed by atoms with E-state index in [1.165, 1.54) is 0 Å². The highest BCUT2D eigenvalue weighted by Crippen LogP contribution is 2.23. The van der Waals surface area contributed by atoms with Gasteiger partial charge in [-0.1, -0.05) is 35.9 Å². The maximum absolute atomic E-state index is 12.1. The lowest BCUT2D eigenvalue weighted by molar-refractivity contribution is -0.148. The first-order chi connectivity index (χ1) is 12.9. The van der Waals surface area contributed by atoms with Crippen molar-refractivity contribution in [1.29, 1.82) is 0 Å². The molecule has 140 valence electrons.